The number of likely N-dealkylation sites (tertiary alicyclic amines) is 1. The van der Waals surface area contributed by atoms with Crippen LogP contribution in [0.25, 0.3) is 0 Å². The molecule has 0 aromatic carbocycles. The van der Waals surface area contributed by atoms with Gasteiger partial charge in [0.15, 0.2) is 0 Å². The van der Waals surface area contributed by atoms with E-state index in [1.165, 1.54) is 0 Å². The van der Waals surface area contributed by atoms with Gasteiger partial charge in [-0.25, -0.2) is 4.98 Å². The highest BCUT2D eigenvalue weighted by molar-refractivity contribution is 5.79. The van der Waals surface area contributed by atoms with Gasteiger partial charge >= 0.3 is 0 Å². The molecule has 0 unspecified atom stereocenters. The van der Waals surface area contributed by atoms with Crippen molar-refractivity contribution < 1.29 is 4.79 Å². The van der Waals surface area contributed by atoms with Crippen molar-refractivity contribution in [3.63, 3.8) is 0 Å². The summed E-state index contributed by atoms with van der Waals surface area (Å²) in [7, 11) is 0. The Morgan fingerprint density at radius 2 is 2.03 bits per heavy atom. The number of rotatable bonds is 4. The van der Waals surface area contributed by atoms with Gasteiger partial charge in [0.05, 0.1) is 17.3 Å². The Bertz CT molecular complexity index is 967. The van der Waals surface area contributed by atoms with Crippen LogP contribution in [0.1, 0.15) is 67.2 Å². The van der Waals surface area contributed by atoms with Crippen molar-refractivity contribution in [2.75, 3.05) is 13.1 Å². The standard InChI is InChI=1S/C23H29N5O2/c29-22-18-15-27(14-16-5-3-10-24-13-16)12-9-19(18)25-21(26-22)20-8-4-11-28(20)23(30)17-6-1-2-7-17/h3,5,10,13,17,20H,1-2,4,6-9,11-12,14-15H2,(H,25,26,29)/t20-/m0/s1. The number of aromatic amines is 1. The lowest BCUT2D eigenvalue weighted by atomic mass is 10.0. The average molecular weight is 408 g/mol. The lowest BCUT2D eigenvalue weighted by Gasteiger charge is -2.30. The zero-order valence-electron chi connectivity index (χ0n) is 17.3. The maximum Gasteiger partial charge on any atom is 0.255 e. The molecule has 1 aliphatic carbocycles. The van der Waals surface area contributed by atoms with Crippen molar-refractivity contribution >= 4 is 5.91 Å². The molecule has 1 atom stereocenters. The average Bonchev–Trinajstić information content (AvgIpc) is 3.47. The number of nitrogens with zero attached hydrogens (tertiary/aromatic N) is 4. The van der Waals surface area contributed by atoms with E-state index in [0.29, 0.717) is 12.4 Å². The predicted octanol–water partition coefficient (Wildman–Crippen LogP) is 2.58. The third-order valence-electron chi connectivity index (χ3n) is 6.85. The molecule has 5 rings (SSSR count). The smallest absolute Gasteiger partial charge is 0.255 e. The molecule has 1 saturated carbocycles. The fourth-order valence-corrected chi connectivity index (χ4v) is 5.26. The fraction of sp³-hybridized carbons (Fsp3) is 0.565. The second-order valence-corrected chi connectivity index (χ2v) is 8.87. The summed E-state index contributed by atoms with van der Waals surface area (Å²) in [5.74, 6) is 1.11. The first-order valence-electron chi connectivity index (χ1n) is 11.2. The number of hydrogen-bond donors (Lipinski definition) is 1. The van der Waals surface area contributed by atoms with Crippen molar-refractivity contribution in [2.45, 2.75) is 64.1 Å². The van der Waals surface area contributed by atoms with Gasteiger partial charge in [0, 0.05) is 50.9 Å². The molecule has 7 nitrogen and oxygen atoms in total. The summed E-state index contributed by atoms with van der Waals surface area (Å²) in [6, 6.07) is 3.92. The van der Waals surface area contributed by atoms with Gasteiger partial charge in [0.25, 0.3) is 5.56 Å². The molecule has 0 spiro atoms. The SMILES string of the molecule is O=C(C1CCCC1)N1CCC[C@H]1c1nc2c(c(=O)[nH]1)CN(Cc1cccnc1)CC2. The molecule has 2 aromatic heterocycles. The van der Waals surface area contributed by atoms with Gasteiger partial charge in [-0.3, -0.25) is 19.5 Å². The number of carbonyl (C=O) groups excluding carboxylic acids is 1. The quantitative estimate of drug-likeness (QED) is 0.842. The first-order valence-corrected chi connectivity index (χ1v) is 11.2. The summed E-state index contributed by atoms with van der Waals surface area (Å²) in [5, 5.41) is 0. The molecule has 30 heavy (non-hydrogen) atoms. The molecule has 2 aromatic rings. The third kappa shape index (κ3) is 3.78. The van der Waals surface area contributed by atoms with E-state index in [1.54, 1.807) is 6.20 Å². The first-order chi connectivity index (χ1) is 14.7. The van der Waals surface area contributed by atoms with Crippen LogP contribution in [0.5, 0.6) is 0 Å². The van der Waals surface area contributed by atoms with E-state index in [1.807, 2.05) is 17.2 Å². The van der Waals surface area contributed by atoms with Crippen LogP contribution in [-0.4, -0.2) is 43.7 Å². The second-order valence-electron chi connectivity index (χ2n) is 8.87. The van der Waals surface area contributed by atoms with Crippen LogP contribution >= 0.6 is 0 Å². The van der Waals surface area contributed by atoms with Crippen molar-refractivity contribution in [2.24, 2.45) is 5.92 Å². The number of H-pyrrole nitrogens is 1. The minimum atomic E-state index is -0.0791. The lowest BCUT2D eigenvalue weighted by molar-refractivity contribution is -0.136. The fourth-order valence-electron chi connectivity index (χ4n) is 5.26. The van der Waals surface area contributed by atoms with E-state index < -0.39 is 0 Å². The molecule has 1 amide bonds. The molecule has 2 fully saturated rings. The molecule has 1 N–H and O–H groups in total. The van der Waals surface area contributed by atoms with Gasteiger partial charge < -0.3 is 9.88 Å². The Morgan fingerprint density at radius 1 is 1.17 bits per heavy atom. The van der Waals surface area contributed by atoms with Crippen LogP contribution < -0.4 is 5.56 Å². The minimum Gasteiger partial charge on any atom is -0.332 e. The minimum absolute atomic E-state index is 0.0500. The zero-order chi connectivity index (χ0) is 20.5. The van der Waals surface area contributed by atoms with Crippen LogP contribution in [0.15, 0.2) is 29.3 Å². The van der Waals surface area contributed by atoms with Gasteiger partial charge in [0.2, 0.25) is 5.91 Å². The van der Waals surface area contributed by atoms with E-state index in [4.69, 9.17) is 4.98 Å². The Hall–Kier alpha value is -2.54. The molecule has 0 radical (unpaired) electrons. The molecule has 7 heteroatoms. The number of fused-ring (bicyclic) bond motifs is 1. The number of hydrogen-bond acceptors (Lipinski definition) is 5. The highest BCUT2D eigenvalue weighted by Crippen LogP contribution is 2.35. The van der Waals surface area contributed by atoms with Crippen LogP contribution in [-0.2, 0) is 24.3 Å². The lowest BCUT2D eigenvalue weighted by Crippen LogP contribution is -2.39. The molecule has 2 aliphatic heterocycles. The van der Waals surface area contributed by atoms with Gasteiger partial charge in [-0.2, -0.15) is 0 Å². The van der Waals surface area contributed by atoms with Crippen molar-refractivity contribution in [1.29, 1.82) is 0 Å². The number of amides is 1. The summed E-state index contributed by atoms with van der Waals surface area (Å²) < 4.78 is 0. The van der Waals surface area contributed by atoms with Gasteiger partial charge in [0.1, 0.15) is 5.82 Å². The molecule has 3 aliphatic rings. The highest BCUT2D eigenvalue weighted by Gasteiger charge is 2.36. The number of carbonyl (C=O) groups is 1. The summed E-state index contributed by atoms with van der Waals surface area (Å²) in [6.07, 6.45) is 10.6. The van der Waals surface area contributed by atoms with Crippen LogP contribution in [0.4, 0.5) is 0 Å². The number of nitrogens with one attached hydrogen (secondary N) is 1. The van der Waals surface area contributed by atoms with Crippen LogP contribution in [0, 0.1) is 5.92 Å². The normalized spacial score (nSPS) is 22.4. The predicted molar refractivity (Wildman–Crippen MR) is 113 cm³/mol. The Morgan fingerprint density at radius 3 is 2.83 bits per heavy atom. The van der Waals surface area contributed by atoms with Gasteiger partial charge in [-0.05, 0) is 37.3 Å². The number of pyridine rings is 1. The van der Waals surface area contributed by atoms with E-state index in [9.17, 15) is 9.59 Å². The molecule has 0 bridgehead atoms. The topological polar surface area (TPSA) is 82.2 Å². The van der Waals surface area contributed by atoms with E-state index >= 15 is 0 Å². The van der Waals surface area contributed by atoms with Crippen LogP contribution in [0.3, 0.4) is 0 Å². The molecular formula is C23H29N5O2. The van der Waals surface area contributed by atoms with E-state index in [2.05, 4.69) is 20.9 Å². The molecule has 1 saturated heterocycles. The van der Waals surface area contributed by atoms with E-state index in [-0.39, 0.29) is 23.4 Å². The summed E-state index contributed by atoms with van der Waals surface area (Å²) in [4.78, 5) is 42.3. The molecule has 4 heterocycles. The van der Waals surface area contributed by atoms with Crippen molar-refractivity contribution in [3.05, 3.63) is 57.5 Å². The Balaban J connectivity index is 1.34. The third-order valence-corrected chi connectivity index (χ3v) is 6.85. The summed E-state index contributed by atoms with van der Waals surface area (Å²) in [6.45, 7) is 3.02. The summed E-state index contributed by atoms with van der Waals surface area (Å²) >= 11 is 0. The second kappa shape index (κ2) is 8.30. The maximum absolute atomic E-state index is 13.0. The Labute approximate surface area is 176 Å². The van der Waals surface area contributed by atoms with Crippen molar-refractivity contribution in [1.82, 2.24) is 24.8 Å². The van der Waals surface area contributed by atoms with Gasteiger partial charge in [-0.1, -0.05) is 18.9 Å². The number of aromatic nitrogens is 3. The Kier molecular flexibility index (Phi) is 5.37. The monoisotopic (exact) mass is 407 g/mol. The largest absolute Gasteiger partial charge is 0.332 e. The highest BCUT2D eigenvalue weighted by atomic mass is 16.2. The maximum atomic E-state index is 13.0. The first kappa shape index (κ1) is 19.4. The van der Waals surface area contributed by atoms with Crippen LogP contribution in [0.2, 0.25) is 0 Å². The molecule has 158 valence electrons. The van der Waals surface area contributed by atoms with E-state index in [0.717, 1.165) is 81.4 Å². The summed E-state index contributed by atoms with van der Waals surface area (Å²) in [5.41, 5.74) is 2.76. The molecular weight excluding hydrogens is 378 g/mol. The van der Waals surface area contributed by atoms with Crippen molar-refractivity contribution in [3.8, 4) is 0 Å². The van der Waals surface area contributed by atoms with Gasteiger partial charge in [-0.15, -0.1) is 0 Å². The zero-order valence-corrected chi connectivity index (χ0v) is 17.3.